The lowest BCUT2D eigenvalue weighted by atomic mass is 10.0. The largest absolute Gasteiger partial charge is 0.469 e. The summed E-state index contributed by atoms with van der Waals surface area (Å²) >= 11 is 0. The summed E-state index contributed by atoms with van der Waals surface area (Å²) in [7, 11) is 1.38. The molecule has 1 aliphatic heterocycles. The first kappa shape index (κ1) is 14.3. The summed E-state index contributed by atoms with van der Waals surface area (Å²) in [4.78, 5) is 16.4. The molecule has 0 amide bonds. The van der Waals surface area contributed by atoms with Gasteiger partial charge in [-0.15, -0.1) is 0 Å². The fourth-order valence-electron chi connectivity index (χ4n) is 2.49. The van der Waals surface area contributed by atoms with Crippen LogP contribution in [0.1, 0.15) is 23.7 Å². The van der Waals surface area contributed by atoms with E-state index in [0.29, 0.717) is 12.3 Å². The quantitative estimate of drug-likeness (QED) is 0.817. The van der Waals surface area contributed by atoms with Crippen molar-refractivity contribution in [3.05, 3.63) is 71.8 Å². The zero-order valence-electron chi connectivity index (χ0n) is 12.3. The van der Waals surface area contributed by atoms with Gasteiger partial charge in [-0.3, -0.25) is 0 Å². The zero-order valence-corrected chi connectivity index (χ0v) is 12.3. The van der Waals surface area contributed by atoms with Crippen LogP contribution in [-0.2, 0) is 14.3 Å². The molecule has 0 spiro atoms. The number of hydrogen-bond donors (Lipinski definition) is 0. The summed E-state index contributed by atoms with van der Waals surface area (Å²) in [5, 5.41) is 0. The molecule has 0 bridgehead atoms. The molecule has 22 heavy (non-hydrogen) atoms. The third-order valence-electron chi connectivity index (χ3n) is 3.63. The second kappa shape index (κ2) is 6.43. The van der Waals surface area contributed by atoms with Crippen LogP contribution >= 0.6 is 0 Å². The molecule has 0 radical (unpaired) electrons. The molecule has 4 nitrogen and oxygen atoms in total. The molecule has 2 atom stereocenters. The number of carbonyl (C=O) groups is 1. The molecule has 2 aromatic rings. The molecule has 112 valence electrons. The van der Waals surface area contributed by atoms with Crippen molar-refractivity contribution in [3.8, 4) is 0 Å². The Morgan fingerprint density at radius 1 is 1.09 bits per heavy atom. The minimum atomic E-state index is -0.542. The SMILES string of the molecule is COC(=O)[C@H]1C[C@@H](c2ccccc2)OC(c2ccccc2)=N1. The van der Waals surface area contributed by atoms with Crippen LogP contribution in [0, 0.1) is 0 Å². The Bertz CT molecular complexity index is 667. The van der Waals surface area contributed by atoms with Crippen molar-refractivity contribution >= 4 is 11.9 Å². The number of methoxy groups -OCH3 is 1. The second-order valence-electron chi connectivity index (χ2n) is 5.09. The van der Waals surface area contributed by atoms with E-state index >= 15 is 0 Å². The second-order valence-corrected chi connectivity index (χ2v) is 5.09. The van der Waals surface area contributed by atoms with Gasteiger partial charge in [-0.25, -0.2) is 9.79 Å². The van der Waals surface area contributed by atoms with Gasteiger partial charge in [-0.1, -0.05) is 48.5 Å². The van der Waals surface area contributed by atoms with Crippen molar-refractivity contribution < 1.29 is 14.3 Å². The van der Waals surface area contributed by atoms with Gasteiger partial charge >= 0.3 is 5.97 Å². The van der Waals surface area contributed by atoms with Crippen molar-refractivity contribution in [2.45, 2.75) is 18.6 Å². The normalized spacial score (nSPS) is 20.7. The first-order valence-electron chi connectivity index (χ1n) is 7.20. The summed E-state index contributed by atoms with van der Waals surface area (Å²) in [6.07, 6.45) is 0.269. The highest BCUT2D eigenvalue weighted by Crippen LogP contribution is 2.30. The van der Waals surface area contributed by atoms with Gasteiger partial charge in [0.2, 0.25) is 5.90 Å². The minimum Gasteiger partial charge on any atom is -0.469 e. The Hall–Kier alpha value is -2.62. The molecule has 0 aromatic heterocycles. The van der Waals surface area contributed by atoms with E-state index in [1.807, 2.05) is 60.7 Å². The molecule has 0 aliphatic carbocycles. The van der Waals surface area contributed by atoms with Gasteiger partial charge in [0.15, 0.2) is 6.04 Å². The van der Waals surface area contributed by atoms with E-state index in [1.54, 1.807) is 0 Å². The Morgan fingerprint density at radius 3 is 2.36 bits per heavy atom. The molecular weight excluding hydrogens is 278 g/mol. The molecule has 3 rings (SSSR count). The molecule has 0 fully saturated rings. The van der Waals surface area contributed by atoms with Crippen LogP contribution in [-0.4, -0.2) is 25.0 Å². The number of carbonyl (C=O) groups excluding carboxylic acids is 1. The van der Waals surface area contributed by atoms with Gasteiger partial charge in [0.1, 0.15) is 6.10 Å². The Labute approximate surface area is 129 Å². The molecule has 0 unspecified atom stereocenters. The first-order valence-corrected chi connectivity index (χ1v) is 7.20. The predicted molar refractivity (Wildman–Crippen MR) is 83.7 cm³/mol. The number of benzene rings is 2. The average Bonchev–Trinajstić information content (AvgIpc) is 2.62. The molecule has 0 N–H and O–H groups in total. The van der Waals surface area contributed by atoms with Crippen molar-refractivity contribution in [1.82, 2.24) is 0 Å². The van der Waals surface area contributed by atoms with Crippen LogP contribution in [0.25, 0.3) is 0 Å². The van der Waals surface area contributed by atoms with Crippen LogP contribution in [0.4, 0.5) is 0 Å². The minimum absolute atomic E-state index is 0.210. The van der Waals surface area contributed by atoms with Crippen molar-refractivity contribution in [2.75, 3.05) is 7.11 Å². The number of aliphatic imine (C=N–C) groups is 1. The maximum atomic E-state index is 11.9. The van der Waals surface area contributed by atoms with Crippen molar-refractivity contribution in [2.24, 2.45) is 4.99 Å². The van der Waals surface area contributed by atoms with Gasteiger partial charge in [-0.2, -0.15) is 0 Å². The van der Waals surface area contributed by atoms with Gasteiger partial charge in [-0.05, 0) is 17.7 Å². The Kier molecular flexibility index (Phi) is 4.19. The number of nitrogens with zero attached hydrogens (tertiary/aromatic N) is 1. The lowest BCUT2D eigenvalue weighted by Crippen LogP contribution is -2.31. The van der Waals surface area contributed by atoms with E-state index in [-0.39, 0.29) is 12.1 Å². The summed E-state index contributed by atoms with van der Waals surface area (Å²) in [6, 6.07) is 18.9. The van der Waals surface area contributed by atoms with Gasteiger partial charge < -0.3 is 9.47 Å². The Morgan fingerprint density at radius 2 is 1.73 bits per heavy atom. The third-order valence-corrected chi connectivity index (χ3v) is 3.63. The predicted octanol–water partition coefficient (Wildman–Crippen LogP) is 3.14. The summed E-state index contributed by atoms with van der Waals surface area (Å²) < 4.78 is 10.9. The Balaban J connectivity index is 1.94. The van der Waals surface area contributed by atoms with Crippen LogP contribution in [0.3, 0.4) is 0 Å². The molecule has 1 heterocycles. The highest BCUT2D eigenvalue weighted by molar-refractivity contribution is 5.96. The topological polar surface area (TPSA) is 47.9 Å². The smallest absolute Gasteiger partial charge is 0.330 e. The number of hydrogen-bond acceptors (Lipinski definition) is 4. The van der Waals surface area contributed by atoms with E-state index in [1.165, 1.54) is 7.11 Å². The van der Waals surface area contributed by atoms with Gasteiger partial charge in [0, 0.05) is 12.0 Å². The number of ether oxygens (including phenoxy) is 2. The van der Waals surface area contributed by atoms with E-state index in [4.69, 9.17) is 9.47 Å². The van der Waals surface area contributed by atoms with Gasteiger partial charge in [0.05, 0.1) is 7.11 Å². The first-order chi connectivity index (χ1) is 10.8. The highest BCUT2D eigenvalue weighted by Gasteiger charge is 2.31. The average molecular weight is 295 g/mol. The lowest BCUT2D eigenvalue weighted by Gasteiger charge is -2.28. The molecule has 2 aromatic carbocycles. The maximum Gasteiger partial charge on any atom is 0.330 e. The number of rotatable bonds is 3. The van der Waals surface area contributed by atoms with Crippen molar-refractivity contribution in [1.29, 1.82) is 0 Å². The van der Waals surface area contributed by atoms with E-state index in [2.05, 4.69) is 4.99 Å². The van der Waals surface area contributed by atoms with E-state index in [9.17, 15) is 4.79 Å². The van der Waals surface area contributed by atoms with E-state index < -0.39 is 6.04 Å². The monoisotopic (exact) mass is 295 g/mol. The fourth-order valence-corrected chi connectivity index (χ4v) is 2.49. The third kappa shape index (κ3) is 3.01. The van der Waals surface area contributed by atoms with Crippen LogP contribution < -0.4 is 0 Å². The highest BCUT2D eigenvalue weighted by atomic mass is 16.5. The molecule has 0 saturated heterocycles. The van der Waals surface area contributed by atoms with Crippen LogP contribution in [0.5, 0.6) is 0 Å². The van der Waals surface area contributed by atoms with Crippen LogP contribution in [0.2, 0.25) is 0 Å². The van der Waals surface area contributed by atoms with E-state index in [0.717, 1.165) is 11.1 Å². The fraction of sp³-hybridized carbons (Fsp3) is 0.222. The molecule has 0 saturated carbocycles. The molecule has 1 aliphatic rings. The van der Waals surface area contributed by atoms with Gasteiger partial charge in [0.25, 0.3) is 0 Å². The lowest BCUT2D eigenvalue weighted by molar-refractivity contribution is -0.143. The zero-order chi connectivity index (χ0) is 15.4. The van der Waals surface area contributed by atoms with Crippen LogP contribution in [0.15, 0.2) is 65.7 Å². The summed E-state index contributed by atoms with van der Waals surface area (Å²) in [5.74, 6) is 0.147. The molecule has 4 heteroatoms. The maximum absolute atomic E-state index is 11.9. The van der Waals surface area contributed by atoms with Crippen molar-refractivity contribution in [3.63, 3.8) is 0 Å². The standard InChI is InChI=1S/C18H17NO3/c1-21-18(20)15-12-16(13-8-4-2-5-9-13)22-17(19-15)14-10-6-3-7-11-14/h2-11,15-16H,12H2,1H3/t15-,16+/m1/s1. The number of esters is 1. The summed E-state index contributed by atoms with van der Waals surface area (Å²) in [5.41, 5.74) is 1.89. The summed E-state index contributed by atoms with van der Waals surface area (Å²) in [6.45, 7) is 0. The molecular formula is C18H17NO3.